The van der Waals surface area contributed by atoms with Gasteiger partial charge in [0.25, 0.3) is 0 Å². The number of carbonyl (C=O) groups excluding carboxylic acids is 1. The second kappa shape index (κ2) is 10.0. The molecule has 3 heterocycles. The molecule has 1 aliphatic rings. The van der Waals surface area contributed by atoms with E-state index in [2.05, 4.69) is 15.3 Å². The lowest BCUT2D eigenvalue weighted by atomic mass is 10.1. The van der Waals surface area contributed by atoms with Crippen LogP contribution in [0.2, 0.25) is 5.15 Å². The smallest absolute Gasteiger partial charge is 0.410 e. The van der Waals surface area contributed by atoms with Gasteiger partial charge in [0.1, 0.15) is 16.1 Å². The van der Waals surface area contributed by atoms with Crippen LogP contribution in [0.3, 0.4) is 0 Å². The molecule has 1 atom stereocenters. The van der Waals surface area contributed by atoms with Crippen molar-refractivity contribution in [1.82, 2.24) is 14.9 Å². The highest BCUT2D eigenvalue weighted by Gasteiger charge is 2.30. The zero-order valence-corrected chi connectivity index (χ0v) is 20.2. The second-order valence-electron chi connectivity index (χ2n) is 7.80. The molecular formula is C21H30ClFN4O2S. The fourth-order valence-corrected chi connectivity index (χ4v) is 3.93. The van der Waals surface area contributed by atoms with Crippen LogP contribution in [0.4, 0.5) is 14.9 Å². The number of hydrogen-bond donors (Lipinski definition) is 1. The Morgan fingerprint density at radius 2 is 2.07 bits per heavy atom. The van der Waals surface area contributed by atoms with Crippen LogP contribution in [0.25, 0.3) is 10.9 Å². The monoisotopic (exact) mass is 456 g/mol. The molecule has 1 fully saturated rings. The van der Waals surface area contributed by atoms with Crippen molar-refractivity contribution < 1.29 is 13.9 Å². The molecule has 0 saturated carbocycles. The lowest BCUT2D eigenvalue weighted by Gasteiger charge is -2.25. The van der Waals surface area contributed by atoms with Gasteiger partial charge < -0.3 is 15.0 Å². The summed E-state index contributed by atoms with van der Waals surface area (Å²) in [5.74, 6) is -0.626. The van der Waals surface area contributed by atoms with Gasteiger partial charge in [0.05, 0.1) is 5.69 Å². The van der Waals surface area contributed by atoms with Crippen LogP contribution in [-0.4, -0.2) is 51.9 Å². The SMILES string of the molecule is CC.CSc1nc2c(F)c(Cl)ncc2c(NC2CCN(C(=O)OC(C)(C)C)C2)c1C. The average Bonchev–Trinajstić information content (AvgIpc) is 3.16. The zero-order valence-electron chi connectivity index (χ0n) is 18.6. The largest absolute Gasteiger partial charge is 0.444 e. The number of rotatable bonds is 3. The number of likely N-dealkylation sites (tertiary alicyclic amines) is 1. The summed E-state index contributed by atoms with van der Waals surface area (Å²) < 4.78 is 20.0. The number of hydrogen-bond acceptors (Lipinski definition) is 6. The minimum atomic E-state index is -0.626. The number of aromatic nitrogens is 2. The highest BCUT2D eigenvalue weighted by molar-refractivity contribution is 7.98. The fraction of sp³-hybridized carbons (Fsp3) is 0.571. The molecule has 0 bridgehead atoms. The number of thioether (sulfide) groups is 1. The van der Waals surface area contributed by atoms with Crippen LogP contribution in [0.15, 0.2) is 11.2 Å². The molecule has 2 aromatic rings. The molecule has 6 nitrogen and oxygen atoms in total. The third-order valence-electron chi connectivity index (χ3n) is 4.51. The molecule has 0 spiro atoms. The summed E-state index contributed by atoms with van der Waals surface area (Å²) in [5.41, 5.74) is 1.35. The number of fused-ring (bicyclic) bond motifs is 1. The Hall–Kier alpha value is -1.80. The number of halogens is 2. The number of carbonyl (C=O) groups is 1. The van der Waals surface area contributed by atoms with Crippen molar-refractivity contribution in [3.63, 3.8) is 0 Å². The first kappa shape index (κ1) is 24.5. The molecule has 1 N–H and O–H groups in total. The quantitative estimate of drug-likeness (QED) is 0.458. The molecule has 0 radical (unpaired) electrons. The predicted octanol–water partition coefficient (Wildman–Crippen LogP) is 5.90. The highest BCUT2D eigenvalue weighted by Crippen LogP contribution is 2.35. The van der Waals surface area contributed by atoms with Gasteiger partial charge in [-0.3, -0.25) is 0 Å². The fourth-order valence-electron chi connectivity index (χ4n) is 3.20. The normalized spacial score (nSPS) is 16.3. The Morgan fingerprint density at radius 1 is 1.40 bits per heavy atom. The van der Waals surface area contributed by atoms with Gasteiger partial charge in [-0.1, -0.05) is 25.4 Å². The molecule has 1 amide bonds. The first-order valence-electron chi connectivity index (χ1n) is 10.0. The summed E-state index contributed by atoms with van der Waals surface area (Å²) in [6.07, 6.45) is 3.87. The number of anilines is 1. The summed E-state index contributed by atoms with van der Waals surface area (Å²) in [5, 5.41) is 4.57. The van der Waals surface area contributed by atoms with E-state index in [-0.39, 0.29) is 22.8 Å². The van der Waals surface area contributed by atoms with Crippen molar-refractivity contribution in [2.45, 2.75) is 64.6 Å². The highest BCUT2D eigenvalue weighted by atomic mass is 35.5. The summed E-state index contributed by atoms with van der Waals surface area (Å²) in [6.45, 7) is 12.6. The zero-order chi connectivity index (χ0) is 22.6. The lowest BCUT2D eigenvalue weighted by Crippen LogP contribution is -2.36. The van der Waals surface area contributed by atoms with Crippen molar-refractivity contribution >= 4 is 46.0 Å². The lowest BCUT2D eigenvalue weighted by molar-refractivity contribution is 0.0293. The van der Waals surface area contributed by atoms with Gasteiger partial charge in [-0.05, 0) is 40.4 Å². The van der Waals surface area contributed by atoms with E-state index in [4.69, 9.17) is 16.3 Å². The number of nitrogens with zero attached hydrogens (tertiary/aromatic N) is 3. The Balaban J connectivity index is 0.00000155. The molecular weight excluding hydrogens is 427 g/mol. The number of ether oxygens (including phenoxy) is 1. The second-order valence-corrected chi connectivity index (χ2v) is 8.96. The number of pyridine rings is 2. The van der Waals surface area contributed by atoms with Crippen LogP contribution in [0, 0.1) is 12.7 Å². The molecule has 30 heavy (non-hydrogen) atoms. The minimum absolute atomic E-state index is 0.0188. The maximum absolute atomic E-state index is 14.5. The van der Waals surface area contributed by atoms with Crippen LogP contribution >= 0.6 is 23.4 Å². The molecule has 0 aromatic carbocycles. The van der Waals surface area contributed by atoms with Gasteiger partial charge >= 0.3 is 6.09 Å². The molecule has 1 saturated heterocycles. The summed E-state index contributed by atoms with van der Waals surface area (Å²) in [6, 6.07) is 0.0188. The third kappa shape index (κ3) is 5.46. The summed E-state index contributed by atoms with van der Waals surface area (Å²) in [7, 11) is 0. The van der Waals surface area contributed by atoms with E-state index in [0.29, 0.717) is 18.5 Å². The van der Waals surface area contributed by atoms with E-state index >= 15 is 0 Å². The van der Waals surface area contributed by atoms with Crippen molar-refractivity contribution in [3.05, 3.63) is 22.7 Å². The van der Waals surface area contributed by atoms with Crippen molar-refractivity contribution in [2.75, 3.05) is 24.7 Å². The minimum Gasteiger partial charge on any atom is -0.444 e. The molecule has 1 aliphatic heterocycles. The first-order chi connectivity index (χ1) is 14.1. The standard InChI is InChI=1S/C19H24ClFN4O2S.C2H6/c1-10-14(12-8-22-16(20)13(21)15(12)24-17(10)28-5)23-11-6-7-25(9-11)18(26)27-19(2,3)4;1-2/h8,11H,6-7,9H2,1-5H3,(H,23,24);1-2H3. The Morgan fingerprint density at radius 3 is 2.67 bits per heavy atom. The van der Waals surface area contributed by atoms with E-state index in [1.54, 1.807) is 4.90 Å². The van der Waals surface area contributed by atoms with Gasteiger partial charge in [0.2, 0.25) is 0 Å². The Bertz CT molecular complexity index is 920. The van der Waals surface area contributed by atoms with E-state index in [0.717, 1.165) is 22.7 Å². The third-order valence-corrected chi connectivity index (χ3v) is 5.56. The van der Waals surface area contributed by atoms with Gasteiger partial charge in [-0.25, -0.2) is 19.2 Å². The van der Waals surface area contributed by atoms with Crippen molar-refractivity contribution in [2.24, 2.45) is 0 Å². The van der Waals surface area contributed by atoms with E-state index in [9.17, 15) is 9.18 Å². The van der Waals surface area contributed by atoms with E-state index < -0.39 is 11.4 Å². The molecule has 9 heteroatoms. The first-order valence-corrected chi connectivity index (χ1v) is 11.6. The maximum atomic E-state index is 14.5. The van der Waals surface area contributed by atoms with Crippen molar-refractivity contribution in [1.29, 1.82) is 0 Å². The average molecular weight is 457 g/mol. The molecule has 0 aliphatic carbocycles. The molecule has 1 unspecified atom stereocenters. The Labute approximate surface area is 186 Å². The molecule has 2 aromatic heterocycles. The van der Waals surface area contributed by atoms with Gasteiger partial charge in [0, 0.05) is 36.3 Å². The van der Waals surface area contributed by atoms with Crippen LogP contribution in [-0.2, 0) is 4.74 Å². The van der Waals surface area contributed by atoms with Gasteiger partial charge in [-0.2, -0.15) is 0 Å². The Kier molecular flexibility index (Phi) is 8.16. The van der Waals surface area contributed by atoms with E-state index in [1.165, 1.54) is 18.0 Å². The summed E-state index contributed by atoms with van der Waals surface area (Å²) in [4.78, 5) is 22.3. The summed E-state index contributed by atoms with van der Waals surface area (Å²) >= 11 is 7.28. The topological polar surface area (TPSA) is 67.4 Å². The van der Waals surface area contributed by atoms with Gasteiger partial charge in [0.15, 0.2) is 11.0 Å². The maximum Gasteiger partial charge on any atom is 0.410 e. The van der Waals surface area contributed by atoms with Crippen LogP contribution in [0.1, 0.15) is 46.6 Å². The van der Waals surface area contributed by atoms with Crippen LogP contribution < -0.4 is 5.32 Å². The van der Waals surface area contributed by atoms with Crippen molar-refractivity contribution in [3.8, 4) is 0 Å². The van der Waals surface area contributed by atoms with Crippen LogP contribution in [0.5, 0.6) is 0 Å². The molecule has 3 rings (SSSR count). The van der Waals surface area contributed by atoms with E-state index in [1.807, 2.05) is 47.8 Å². The number of amides is 1. The van der Waals surface area contributed by atoms with Gasteiger partial charge in [-0.15, -0.1) is 11.8 Å². The molecule has 166 valence electrons. The predicted molar refractivity (Wildman–Crippen MR) is 122 cm³/mol. The number of nitrogens with one attached hydrogen (secondary N) is 1.